The van der Waals surface area contributed by atoms with Crippen molar-refractivity contribution >= 4 is 47.8 Å². The number of ether oxygens (including phenoxy) is 8. The summed E-state index contributed by atoms with van der Waals surface area (Å²) in [5.74, 6) is -5.38. The Balaban J connectivity index is 0.000000621. The summed E-state index contributed by atoms with van der Waals surface area (Å²) >= 11 is 0. The molecule has 0 saturated carbocycles. The maximum Gasteiger partial charge on any atom is 0.347 e. The molecule has 0 spiro atoms. The molecule has 0 radical (unpaired) electrons. The summed E-state index contributed by atoms with van der Waals surface area (Å²) in [6.07, 6.45) is -2.62. The summed E-state index contributed by atoms with van der Waals surface area (Å²) in [7, 11) is 1.14. The van der Waals surface area contributed by atoms with E-state index in [1.54, 1.807) is 13.8 Å². The van der Waals surface area contributed by atoms with Gasteiger partial charge in [-0.25, -0.2) is 33.6 Å². The average Bonchev–Trinajstić information content (AvgIpc) is 2.86. The fourth-order valence-corrected chi connectivity index (χ4v) is 1.84. The normalized spacial score (nSPS) is 18.8. The van der Waals surface area contributed by atoms with Crippen molar-refractivity contribution in [3.05, 3.63) is 0 Å². The number of cyclic esters (lactones) is 4. The number of carbonyl (C=O) groups excluding carboxylic acids is 8. The Kier molecular flexibility index (Phi) is 15.3. The molecule has 0 N–H and O–H groups in total. The molecule has 0 aromatic carbocycles. The highest BCUT2D eigenvalue weighted by Crippen LogP contribution is 2.08. The Morgan fingerprint density at radius 2 is 1.21 bits per heavy atom. The molecule has 0 unspecified atom stereocenters. The highest BCUT2D eigenvalue weighted by Gasteiger charge is 2.32. The number of hydrogen-bond donors (Lipinski definition) is 0. The fourth-order valence-electron chi connectivity index (χ4n) is 1.84. The predicted molar refractivity (Wildman–Crippen MR) is 117 cm³/mol. The molecule has 3 atom stereocenters. The van der Waals surface area contributed by atoms with Crippen LogP contribution >= 0.6 is 0 Å². The first-order valence-electron chi connectivity index (χ1n) is 11.0. The maximum absolute atomic E-state index is 11.4. The smallest absolute Gasteiger partial charge is 0.347 e. The standard InChI is InChI=1S/C12H18O8.C6H8O4.C4H4O4/c1-7(2)11(15)20-8(3)12(16)19-6-10(14)18-5-9(13)17-4;1-3-5(7)10-4(2)6(8)9-3;5-3-1-7-4(6)2-8-3/h7-8H,5-6H2,1-4H3;3-4H,1-2H3;1-2H2/t8-;3-,4-;/m10./s1. The van der Waals surface area contributed by atoms with Crippen LogP contribution in [-0.2, 0) is 76.3 Å². The Morgan fingerprint density at radius 3 is 1.61 bits per heavy atom. The molecular formula is C22H30O16. The lowest BCUT2D eigenvalue weighted by Gasteiger charge is -2.22. The van der Waals surface area contributed by atoms with Gasteiger partial charge >= 0.3 is 47.8 Å². The number of methoxy groups -OCH3 is 1. The van der Waals surface area contributed by atoms with Gasteiger partial charge in [-0.2, -0.15) is 0 Å². The molecule has 2 fully saturated rings. The molecule has 0 aliphatic carbocycles. The van der Waals surface area contributed by atoms with E-state index >= 15 is 0 Å². The minimum Gasteiger partial charge on any atom is -0.466 e. The van der Waals surface area contributed by atoms with Crippen molar-refractivity contribution in [2.45, 2.75) is 52.9 Å². The van der Waals surface area contributed by atoms with Crippen LogP contribution in [0, 0.1) is 5.92 Å². The lowest BCUT2D eigenvalue weighted by molar-refractivity contribution is -0.191. The molecule has 2 saturated heterocycles. The minimum absolute atomic E-state index is 0.237. The fraction of sp³-hybridized carbons (Fsp3) is 0.636. The van der Waals surface area contributed by atoms with E-state index in [4.69, 9.17) is 4.74 Å². The van der Waals surface area contributed by atoms with E-state index in [2.05, 4.69) is 33.2 Å². The SMILES string of the molecule is COC(=O)COC(=O)COC(=O)[C@@H](C)OC(=O)C(C)C.C[C@@H]1OC(=O)[C@H](C)OC1=O.O=C1COC(=O)CO1. The predicted octanol–water partition coefficient (Wildman–Crippen LogP) is -1.22. The first kappa shape index (κ1) is 33.8. The van der Waals surface area contributed by atoms with Crippen molar-refractivity contribution in [2.24, 2.45) is 5.92 Å². The lowest BCUT2D eigenvalue weighted by Crippen LogP contribution is -2.40. The van der Waals surface area contributed by atoms with Gasteiger partial charge in [-0.15, -0.1) is 0 Å². The van der Waals surface area contributed by atoms with Gasteiger partial charge in [0, 0.05) is 0 Å². The number of esters is 8. The number of carbonyl (C=O) groups is 8. The Morgan fingerprint density at radius 1 is 0.763 bits per heavy atom. The summed E-state index contributed by atoms with van der Waals surface area (Å²) in [6, 6.07) is 0. The van der Waals surface area contributed by atoms with Gasteiger partial charge in [0.2, 0.25) is 0 Å². The topological polar surface area (TPSA) is 210 Å². The van der Waals surface area contributed by atoms with Gasteiger partial charge in [-0.1, -0.05) is 13.8 Å². The minimum atomic E-state index is -1.13. The summed E-state index contributed by atoms with van der Waals surface area (Å²) in [5.41, 5.74) is 0. The summed E-state index contributed by atoms with van der Waals surface area (Å²) < 4.78 is 35.8. The molecule has 0 amide bonds. The van der Waals surface area contributed by atoms with Gasteiger partial charge in [-0.3, -0.25) is 4.79 Å². The molecule has 2 rings (SSSR count). The zero-order chi connectivity index (χ0) is 29.4. The van der Waals surface area contributed by atoms with Gasteiger partial charge < -0.3 is 37.9 Å². The molecule has 16 nitrogen and oxygen atoms in total. The van der Waals surface area contributed by atoms with E-state index in [1.807, 2.05) is 0 Å². The van der Waals surface area contributed by atoms with E-state index in [-0.39, 0.29) is 19.1 Å². The second-order valence-electron chi connectivity index (χ2n) is 7.56. The van der Waals surface area contributed by atoms with Crippen molar-refractivity contribution in [1.82, 2.24) is 0 Å². The quantitative estimate of drug-likeness (QED) is 0.268. The third-order valence-corrected chi connectivity index (χ3v) is 3.96. The highest BCUT2D eigenvalue weighted by atomic mass is 16.7. The average molecular weight is 550 g/mol. The number of rotatable bonds is 7. The van der Waals surface area contributed by atoms with Crippen LogP contribution in [0.15, 0.2) is 0 Å². The highest BCUT2D eigenvalue weighted by molar-refractivity contribution is 5.87. The molecule has 0 bridgehead atoms. The van der Waals surface area contributed by atoms with Crippen LogP contribution in [-0.4, -0.2) is 99.6 Å². The summed E-state index contributed by atoms with van der Waals surface area (Å²) in [5, 5.41) is 0. The molecule has 16 heteroatoms. The molecule has 214 valence electrons. The third-order valence-electron chi connectivity index (χ3n) is 3.96. The van der Waals surface area contributed by atoms with Crippen LogP contribution < -0.4 is 0 Å². The Bertz CT molecular complexity index is 844. The van der Waals surface area contributed by atoms with Gasteiger partial charge in [-0.05, 0) is 20.8 Å². The maximum atomic E-state index is 11.4. The van der Waals surface area contributed by atoms with Crippen molar-refractivity contribution in [2.75, 3.05) is 33.5 Å². The molecular weight excluding hydrogens is 520 g/mol. The van der Waals surface area contributed by atoms with Crippen molar-refractivity contribution in [3.8, 4) is 0 Å². The van der Waals surface area contributed by atoms with Gasteiger partial charge in [0.15, 0.2) is 44.7 Å². The van der Waals surface area contributed by atoms with Crippen LogP contribution in [0.25, 0.3) is 0 Å². The zero-order valence-corrected chi connectivity index (χ0v) is 21.7. The Hall–Kier alpha value is -4.24. The zero-order valence-electron chi connectivity index (χ0n) is 21.7. The van der Waals surface area contributed by atoms with E-state index in [9.17, 15) is 38.4 Å². The molecule has 2 aliphatic rings. The van der Waals surface area contributed by atoms with Gasteiger partial charge in [0.1, 0.15) is 0 Å². The third kappa shape index (κ3) is 14.4. The van der Waals surface area contributed by atoms with Crippen LogP contribution in [0.3, 0.4) is 0 Å². The first-order chi connectivity index (χ1) is 17.7. The second-order valence-corrected chi connectivity index (χ2v) is 7.56. The van der Waals surface area contributed by atoms with Crippen molar-refractivity contribution in [3.63, 3.8) is 0 Å². The van der Waals surface area contributed by atoms with E-state index < -0.39 is 79.3 Å². The molecule has 2 heterocycles. The monoisotopic (exact) mass is 550 g/mol. The van der Waals surface area contributed by atoms with Crippen molar-refractivity contribution in [1.29, 1.82) is 0 Å². The van der Waals surface area contributed by atoms with Crippen LogP contribution in [0.2, 0.25) is 0 Å². The summed E-state index contributed by atoms with van der Waals surface area (Å²) in [4.78, 5) is 85.9. The lowest BCUT2D eigenvalue weighted by atomic mass is 10.2. The van der Waals surface area contributed by atoms with E-state index in [0.29, 0.717) is 0 Å². The largest absolute Gasteiger partial charge is 0.466 e. The van der Waals surface area contributed by atoms with E-state index in [0.717, 1.165) is 7.11 Å². The van der Waals surface area contributed by atoms with Crippen LogP contribution in [0.5, 0.6) is 0 Å². The molecule has 0 aromatic heterocycles. The molecule has 0 aromatic rings. The van der Waals surface area contributed by atoms with Crippen LogP contribution in [0.1, 0.15) is 34.6 Å². The summed E-state index contributed by atoms with van der Waals surface area (Å²) in [6.45, 7) is 5.79. The second kappa shape index (κ2) is 17.3. The van der Waals surface area contributed by atoms with Crippen molar-refractivity contribution < 1.29 is 76.3 Å². The van der Waals surface area contributed by atoms with Gasteiger partial charge in [0.05, 0.1) is 13.0 Å². The number of hydrogen-bond acceptors (Lipinski definition) is 16. The molecule has 2 aliphatic heterocycles. The Labute approximate surface area is 217 Å². The first-order valence-corrected chi connectivity index (χ1v) is 11.0. The van der Waals surface area contributed by atoms with E-state index in [1.165, 1.54) is 20.8 Å². The van der Waals surface area contributed by atoms with Gasteiger partial charge in [0.25, 0.3) is 0 Å². The van der Waals surface area contributed by atoms with Crippen LogP contribution in [0.4, 0.5) is 0 Å². The molecule has 38 heavy (non-hydrogen) atoms.